The quantitative estimate of drug-likeness (QED) is 0.736. The Morgan fingerprint density at radius 3 is 2.71 bits per heavy atom. The summed E-state index contributed by atoms with van der Waals surface area (Å²) in [6.07, 6.45) is 7.32. The molecule has 17 heavy (non-hydrogen) atoms. The molecule has 2 heteroatoms. The normalized spacial score (nSPS) is 33.5. The molecule has 2 nitrogen and oxygen atoms in total. The zero-order chi connectivity index (χ0) is 12.3. The Balaban J connectivity index is 1.99. The third-order valence-corrected chi connectivity index (χ3v) is 4.50. The second-order valence-corrected chi connectivity index (χ2v) is 6.45. The van der Waals surface area contributed by atoms with Gasteiger partial charge in [-0.3, -0.25) is 0 Å². The summed E-state index contributed by atoms with van der Waals surface area (Å²) in [5, 5.41) is 3.59. The number of ether oxygens (including phenoxy) is 1. The zero-order valence-electron chi connectivity index (χ0n) is 11.8. The van der Waals surface area contributed by atoms with Gasteiger partial charge < -0.3 is 10.1 Å². The highest BCUT2D eigenvalue weighted by molar-refractivity contribution is 5.00. The Morgan fingerprint density at radius 2 is 2.12 bits per heavy atom. The van der Waals surface area contributed by atoms with Crippen LogP contribution in [-0.4, -0.2) is 25.8 Å². The van der Waals surface area contributed by atoms with E-state index in [9.17, 15) is 0 Å². The summed E-state index contributed by atoms with van der Waals surface area (Å²) in [5.41, 5.74) is 0.446. The minimum atomic E-state index is 0.446. The van der Waals surface area contributed by atoms with Crippen LogP contribution in [0.1, 0.15) is 52.9 Å². The molecule has 1 saturated heterocycles. The van der Waals surface area contributed by atoms with Gasteiger partial charge in [0.25, 0.3) is 0 Å². The Kier molecular flexibility index (Phi) is 4.48. The fraction of sp³-hybridized carbons (Fsp3) is 1.00. The van der Waals surface area contributed by atoms with E-state index in [2.05, 4.69) is 26.1 Å². The van der Waals surface area contributed by atoms with Crippen LogP contribution in [0.4, 0.5) is 0 Å². The van der Waals surface area contributed by atoms with Crippen molar-refractivity contribution in [3.05, 3.63) is 0 Å². The summed E-state index contributed by atoms with van der Waals surface area (Å²) >= 11 is 0. The van der Waals surface area contributed by atoms with Crippen molar-refractivity contribution < 1.29 is 4.74 Å². The maximum Gasteiger partial charge on any atom is 0.0672 e. The topological polar surface area (TPSA) is 21.3 Å². The van der Waals surface area contributed by atoms with Crippen molar-refractivity contribution in [1.29, 1.82) is 0 Å². The van der Waals surface area contributed by atoms with Crippen LogP contribution in [0.2, 0.25) is 0 Å². The van der Waals surface area contributed by atoms with Crippen molar-refractivity contribution >= 4 is 0 Å². The summed E-state index contributed by atoms with van der Waals surface area (Å²) in [6, 6.07) is 0. The summed E-state index contributed by atoms with van der Waals surface area (Å²) in [4.78, 5) is 0. The molecule has 0 radical (unpaired) electrons. The highest BCUT2D eigenvalue weighted by Gasteiger charge is 2.50. The Labute approximate surface area is 107 Å². The summed E-state index contributed by atoms with van der Waals surface area (Å²) < 4.78 is 6.08. The minimum absolute atomic E-state index is 0.446. The molecule has 2 fully saturated rings. The molecular weight excluding hydrogens is 210 g/mol. The summed E-state index contributed by atoms with van der Waals surface area (Å²) in [5.74, 6) is 1.69. The number of rotatable bonds is 7. The molecular formula is C15H29NO. The first-order valence-electron chi connectivity index (χ1n) is 7.50. The van der Waals surface area contributed by atoms with Crippen molar-refractivity contribution in [2.24, 2.45) is 17.3 Å². The molecule has 0 aromatic rings. The Bertz CT molecular complexity index is 237. The van der Waals surface area contributed by atoms with E-state index in [4.69, 9.17) is 4.74 Å². The molecule has 1 N–H and O–H groups in total. The third kappa shape index (κ3) is 3.23. The van der Waals surface area contributed by atoms with Gasteiger partial charge in [0.05, 0.1) is 6.10 Å². The molecule has 100 valence electrons. The van der Waals surface area contributed by atoms with Crippen LogP contribution in [0.25, 0.3) is 0 Å². The van der Waals surface area contributed by atoms with E-state index in [-0.39, 0.29) is 0 Å². The SMILES string of the molecule is CCNCC1(CCC(C)C)CCOC1C1CC1. The number of hydrogen-bond acceptors (Lipinski definition) is 2. The van der Waals surface area contributed by atoms with Gasteiger partial charge in [-0.1, -0.05) is 27.2 Å². The van der Waals surface area contributed by atoms with Crippen molar-refractivity contribution in [3.63, 3.8) is 0 Å². The maximum absolute atomic E-state index is 6.08. The molecule has 0 amide bonds. The van der Waals surface area contributed by atoms with Crippen LogP contribution in [-0.2, 0) is 4.74 Å². The smallest absolute Gasteiger partial charge is 0.0672 e. The first-order chi connectivity index (χ1) is 8.18. The Morgan fingerprint density at radius 1 is 1.35 bits per heavy atom. The third-order valence-electron chi connectivity index (χ3n) is 4.50. The lowest BCUT2D eigenvalue weighted by Gasteiger charge is -2.35. The average molecular weight is 239 g/mol. The van der Waals surface area contributed by atoms with E-state index in [0.29, 0.717) is 11.5 Å². The lowest BCUT2D eigenvalue weighted by Crippen LogP contribution is -2.42. The first-order valence-corrected chi connectivity index (χ1v) is 7.50. The second-order valence-electron chi connectivity index (χ2n) is 6.45. The van der Waals surface area contributed by atoms with Gasteiger partial charge in [0.15, 0.2) is 0 Å². The molecule has 0 aromatic carbocycles. The van der Waals surface area contributed by atoms with E-state index >= 15 is 0 Å². The van der Waals surface area contributed by atoms with Gasteiger partial charge in [0.1, 0.15) is 0 Å². The van der Waals surface area contributed by atoms with Crippen LogP contribution >= 0.6 is 0 Å². The van der Waals surface area contributed by atoms with Crippen molar-refractivity contribution in [2.75, 3.05) is 19.7 Å². The van der Waals surface area contributed by atoms with Crippen LogP contribution < -0.4 is 5.32 Å². The second kappa shape index (κ2) is 5.71. The van der Waals surface area contributed by atoms with Crippen LogP contribution in [0.15, 0.2) is 0 Å². The van der Waals surface area contributed by atoms with Gasteiger partial charge in [-0.2, -0.15) is 0 Å². The lowest BCUT2D eigenvalue weighted by molar-refractivity contribution is 0.0243. The van der Waals surface area contributed by atoms with Crippen molar-refractivity contribution in [3.8, 4) is 0 Å². The highest BCUT2D eigenvalue weighted by atomic mass is 16.5. The van der Waals surface area contributed by atoms with E-state index in [1.54, 1.807) is 0 Å². The van der Waals surface area contributed by atoms with Gasteiger partial charge in [0, 0.05) is 18.6 Å². The lowest BCUT2D eigenvalue weighted by atomic mass is 9.74. The molecule has 0 aromatic heterocycles. The van der Waals surface area contributed by atoms with Crippen LogP contribution in [0, 0.1) is 17.3 Å². The standard InChI is InChI=1S/C15H29NO/c1-4-16-11-15(8-7-12(2)3)9-10-17-14(15)13-5-6-13/h12-14,16H,4-11H2,1-3H3. The zero-order valence-corrected chi connectivity index (χ0v) is 11.8. The van der Waals surface area contributed by atoms with Crippen LogP contribution in [0.3, 0.4) is 0 Å². The van der Waals surface area contributed by atoms with Crippen LogP contribution in [0.5, 0.6) is 0 Å². The van der Waals surface area contributed by atoms with Gasteiger partial charge in [-0.15, -0.1) is 0 Å². The number of nitrogens with one attached hydrogen (secondary N) is 1. The van der Waals surface area contributed by atoms with Gasteiger partial charge in [0.2, 0.25) is 0 Å². The first kappa shape index (κ1) is 13.4. The van der Waals surface area contributed by atoms with Crippen molar-refractivity contribution in [2.45, 2.75) is 59.0 Å². The molecule has 2 unspecified atom stereocenters. The highest BCUT2D eigenvalue weighted by Crippen LogP contribution is 2.50. The number of hydrogen-bond donors (Lipinski definition) is 1. The monoisotopic (exact) mass is 239 g/mol. The molecule has 1 aliphatic heterocycles. The summed E-state index contributed by atoms with van der Waals surface area (Å²) in [7, 11) is 0. The van der Waals surface area contributed by atoms with E-state index in [1.807, 2.05) is 0 Å². The molecule has 2 atom stereocenters. The van der Waals surface area contributed by atoms with Gasteiger partial charge in [-0.25, -0.2) is 0 Å². The van der Waals surface area contributed by atoms with E-state index < -0.39 is 0 Å². The predicted octanol–water partition coefficient (Wildman–Crippen LogP) is 3.22. The fourth-order valence-electron chi connectivity index (χ4n) is 3.24. The van der Waals surface area contributed by atoms with E-state index in [0.717, 1.165) is 31.5 Å². The molecule has 1 heterocycles. The van der Waals surface area contributed by atoms with E-state index in [1.165, 1.54) is 32.1 Å². The molecule has 0 bridgehead atoms. The van der Waals surface area contributed by atoms with Crippen molar-refractivity contribution in [1.82, 2.24) is 5.32 Å². The largest absolute Gasteiger partial charge is 0.377 e. The average Bonchev–Trinajstić information content (AvgIpc) is 3.06. The fourth-order valence-corrected chi connectivity index (χ4v) is 3.24. The molecule has 2 aliphatic rings. The molecule has 1 saturated carbocycles. The Hall–Kier alpha value is -0.0800. The molecule has 0 spiro atoms. The maximum atomic E-state index is 6.08. The van der Waals surface area contributed by atoms with Gasteiger partial charge >= 0.3 is 0 Å². The minimum Gasteiger partial charge on any atom is -0.377 e. The van der Waals surface area contributed by atoms with Gasteiger partial charge in [-0.05, 0) is 44.1 Å². The summed E-state index contributed by atoms with van der Waals surface area (Å²) in [6.45, 7) is 10.1. The predicted molar refractivity (Wildman–Crippen MR) is 72.1 cm³/mol. The molecule has 1 aliphatic carbocycles. The molecule has 2 rings (SSSR count).